The number of hydrogen-bond donors (Lipinski definition) is 1. The normalized spacial score (nSPS) is 20.7. The standard InChI is InChI=1S/C22H27N3O/c1-16-11-12-23-14-19(16)15-25-13-3-2-4-21(25)22(26)24-20-9-7-18(8-10-20)17-5-6-17/h7-12,14,17,21H,2-6,13,15H2,1H3,(H,24,26)/t21-/m1/s1. The zero-order chi connectivity index (χ0) is 17.9. The van der Waals surface area contributed by atoms with E-state index in [0.29, 0.717) is 0 Å². The van der Waals surface area contributed by atoms with E-state index in [1.54, 1.807) is 0 Å². The van der Waals surface area contributed by atoms with Gasteiger partial charge in [-0.2, -0.15) is 0 Å². The van der Waals surface area contributed by atoms with Gasteiger partial charge in [-0.05, 0) is 80.0 Å². The van der Waals surface area contributed by atoms with Crippen molar-refractivity contribution < 1.29 is 4.79 Å². The van der Waals surface area contributed by atoms with Crippen molar-refractivity contribution in [2.45, 2.75) is 57.5 Å². The second-order valence-electron chi connectivity index (χ2n) is 7.67. The van der Waals surface area contributed by atoms with Gasteiger partial charge in [0.15, 0.2) is 0 Å². The topological polar surface area (TPSA) is 45.2 Å². The number of anilines is 1. The van der Waals surface area contributed by atoms with Crippen LogP contribution in [0.25, 0.3) is 0 Å². The van der Waals surface area contributed by atoms with Crippen LogP contribution in [0, 0.1) is 6.92 Å². The molecule has 4 heteroatoms. The average Bonchev–Trinajstić information content (AvgIpc) is 3.50. The third-order valence-electron chi connectivity index (χ3n) is 5.66. The summed E-state index contributed by atoms with van der Waals surface area (Å²) < 4.78 is 0. The minimum atomic E-state index is -0.0635. The van der Waals surface area contributed by atoms with E-state index in [1.807, 2.05) is 30.6 Å². The van der Waals surface area contributed by atoms with Gasteiger partial charge >= 0.3 is 0 Å². The van der Waals surface area contributed by atoms with E-state index in [4.69, 9.17) is 0 Å². The maximum absolute atomic E-state index is 12.9. The molecule has 2 aliphatic rings. The molecular formula is C22H27N3O. The molecule has 0 spiro atoms. The molecule has 2 aromatic rings. The first-order chi connectivity index (χ1) is 12.7. The van der Waals surface area contributed by atoms with Crippen LogP contribution < -0.4 is 5.32 Å². The highest BCUT2D eigenvalue weighted by atomic mass is 16.2. The fourth-order valence-corrected chi connectivity index (χ4v) is 3.84. The summed E-state index contributed by atoms with van der Waals surface area (Å²) in [6.45, 7) is 3.86. The second kappa shape index (κ2) is 7.58. The van der Waals surface area contributed by atoms with Crippen LogP contribution in [-0.2, 0) is 11.3 Å². The van der Waals surface area contributed by atoms with Gasteiger partial charge in [-0.1, -0.05) is 18.6 Å². The fourth-order valence-electron chi connectivity index (χ4n) is 3.84. The zero-order valence-electron chi connectivity index (χ0n) is 15.4. The summed E-state index contributed by atoms with van der Waals surface area (Å²) in [5.74, 6) is 0.863. The molecule has 26 heavy (non-hydrogen) atoms. The summed E-state index contributed by atoms with van der Waals surface area (Å²) in [7, 11) is 0. The van der Waals surface area contributed by atoms with Gasteiger partial charge in [-0.15, -0.1) is 0 Å². The number of nitrogens with zero attached hydrogens (tertiary/aromatic N) is 2. The summed E-state index contributed by atoms with van der Waals surface area (Å²) in [4.78, 5) is 19.5. The molecule has 4 nitrogen and oxygen atoms in total. The molecular weight excluding hydrogens is 322 g/mol. The van der Waals surface area contributed by atoms with Crippen LogP contribution in [0.4, 0.5) is 5.69 Å². The van der Waals surface area contributed by atoms with E-state index < -0.39 is 0 Å². The molecule has 1 aliphatic heterocycles. The Morgan fingerprint density at radius 2 is 1.96 bits per heavy atom. The van der Waals surface area contributed by atoms with Crippen molar-refractivity contribution in [3.63, 3.8) is 0 Å². The third-order valence-corrected chi connectivity index (χ3v) is 5.66. The largest absolute Gasteiger partial charge is 0.325 e. The first-order valence-corrected chi connectivity index (χ1v) is 9.75. The Morgan fingerprint density at radius 3 is 2.69 bits per heavy atom. The Hall–Kier alpha value is -2.20. The summed E-state index contributed by atoms with van der Waals surface area (Å²) in [5, 5.41) is 3.13. The SMILES string of the molecule is Cc1ccncc1CN1CCCC[C@@H]1C(=O)Nc1ccc(C2CC2)cc1. The van der Waals surface area contributed by atoms with Crippen LogP contribution >= 0.6 is 0 Å². The Kier molecular flexibility index (Phi) is 5.02. The van der Waals surface area contributed by atoms with Crippen molar-refractivity contribution in [1.82, 2.24) is 9.88 Å². The lowest BCUT2D eigenvalue weighted by molar-refractivity contribution is -0.122. The number of aryl methyl sites for hydroxylation is 1. The van der Waals surface area contributed by atoms with Crippen LogP contribution in [0.2, 0.25) is 0 Å². The smallest absolute Gasteiger partial charge is 0.241 e. The van der Waals surface area contributed by atoms with E-state index in [9.17, 15) is 4.79 Å². The number of carbonyl (C=O) groups excluding carboxylic acids is 1. The van der Waals surface area contributed by atoms with Gasteiger partial charge in [-0.25, -0.2) is 0 Å². The van der Waals surface area contributed by atoms with Gasteiger partial charge in [0.05, 0.1) is 6.04 Å². The molecule has 1 aromatic carbocycles. The summed E-state index contributed by atoms with van der Waals surface area (Å²) in [6, 6.07) is 10.4. The van der Waals surface area contributed by atoms with E-state index in [-0.39, 0.29) is 11.9 Å². The number of benzene rings is 1. The lowest BCUT2D eigenvalue weighted by atomic mass is 9.99. The zero-order valence-corrected chi connectivity index (χ0v) is 15.4. The number of amides is 1. The first-order valence-electron chi connectivity index (χ1n) is 9.75. The predicted molar refractivity (Wildman–Crippen MR) is 104 cm³/mol. The number of likely N-dealkylation sites (tertiary alicyclic amines) is 1. The Bertz CT molecular complexity index is 767. The molecule has 2 fully saturated rings. The summed E-state index contributed by atoms with van der Waals surface area (Å²) >= 11 is 0. The molecule has 1 N–H and O–H groups in total. The van der Waals surface area contributed by atoms with Gasteiger partial charge in [0.2, 0.25) is 5.91 Å². The van der Waals surface area contributed by atoms with Gasteiger partial charge in [-0.3, -0.25) is 14.7 Å². The number of carbonyl (C=O) groups is 1. The molecule has 2 heterocycles. The minimum Gasteiger partial charge on any atom is -0.325 e. The predicted octanol–water partition coefficient (Wildman–Crippen LogP) is 4.26. The lowest BCUT2D eigenvalue weighted by Gasteiger charge is -2.34. The van der Waals surface area contributed by atoms with Crippen molar-refractivity contribution in [1.29, 1.82) is 0 Å². The number of nitrogens with one attached hydrogen (secondary N) is 1. The van der Waals surface area contributed by atoms with Crippen LogP contribution in [0.5, 0.6) is 0 Å². The molecule has 1 atom stereocenters. The molecule has 1 saturated heterocycles. The quantitative estimate of drug-likeness (QED) is 0.877. The van der Waals surface area contributed by atoms with Gasteiger partial charge in [0.1, 0.15) is 0 Å². The monoisotopic (exact) mass is 349 g/mol. The molecule has 0 radical (unpaired) electrons. The molecule has 1 saturated carbocycles. The number of aromatic nitrogens is 1. The Morgan fingerprint density at radius 1 is 1.15 bits per heavy atom. The van der Waals surface area contributed by atoms with Crippen LogP contribution in [0.3, 0.4) is 0 Å². The van der Waals surface area contributed by atoms with Crippen molar-refractivity contribution >= 4 is 11.6 Å². The van der Waals surface area contributed by atoms with Crippen molar-refractivity contribution in [3.05, 3.63) is 59.4 Å². The number of hydrogen-bond acceptors (Lipinski definition) is 3. The summed E-state index contributed by atoms with van der Waals surface area (Å²) in [5.41, 5.74) is 4.75. The molecule has 1 amide bonds. The van der Waals surface area contributed by atoms with Crippen molar-refractivity contribution in [2.24, 2.45) is 0 Å². The van der Waals surface area contributed by atoms with Crippen molar-refractivity contribution in [2.75, 3.05) is 11.9 Å². The van der Waals surface area contributed by atoms with Crippen LogP contribution in [0.15, 0.2) is 42.7 Å². The van der Waals surface area contributed by atoms with Gasteiger partial charge in [0.25, 0.3) is 0 Å². The molecule has 1 aromatic heterocycles. The maximum Gasteiger partial charge on any atom is 0.241 e. The molecule has 4 rings (SSSR count). The molecule has 0 unspecified atom stereocenters. The molecule has 1 aliphatic carbocycles. The highest BCUT2D eigenvalue weighted by molar-refractivity contribution is 5.94. The third kappa shape index (κ3) is 3.96. The van der Waals surface area contributed by atoms with Gasteiger partial charge in [0, 0.05) is 24.6 Å². The Labute approximate surface area is 155 Å². The number of piperidine rings is 1. The number of pyridine rings is 1. The highest BCUT2D eigenvalue weighted by Crippen LogP contribution is 2.40. The molecule has 136 valence electrons. The molecule has 0 bridgehead atoms. The van der Waals surface area contributed by atoms with E-state index >= 15 is 0 Å². The highest BCUT2D eigenvalue weighted by Gasteiger charge is 2.29. The van der Waals surface area contributed by atoms with Crippen LogP contribution in [0.1, 0.15) is 54.7 Å². The van der Waals surface area contributed by atoms with Crippen LogP contribution in [-0.4, -0.2) is 28.4 Å². The van der Waals surface area contributed by atoms with Crippen molar-refractivity contribution in [3.8, 4) is 0 Å². The Balaban J connectivity index is 1.43. The lowest BCUT2D eigenvalue weighted by Crippen LogP contribution is -2.46. The van der Waals surface area contributed by atoms with E-state index in [2.05, 4.69) is 34.3 Å². The average molecular weight is 349 g/mol. The summed E-state index contributed by atoms with van der Waals surface area (Å²) in [6.07, 6.45) is 9.54. The minimum absolute atomic E-state index is 0.0635. The maximum atomic E-state index is 12.9. The van der Waals surface area contributed by atoms with E-state index in [1.165, 1.54) is 29.5 Å². The van der Waals surface area contributed by atoms with Gasteiger partial charge < -0.3 is 5.32 Å². The first kappa shape index (κ1) is 17.2. The number of rotatable bonds is 5. The second-order valence-corrected chi connectivity index (χ2v) is 7.67. The van der Waals surface area contributed by atoms with E-state index in [0.717, 1.165) is 44.0 Å². The fraction of sp³-hybridized carbons (Fsp3) is 0.455.